The van der Waals surface area contributed by atoms with Crippen LogP contribution in [-0.4, -0.2) is 63.6 Å². The van der Waals surface area contributed by atoms with E-state index in [-0.39, 0.29) is 37.6 Å². The average Bonchev–Trinajstić information content (AvgIpc) is 2.77. The summed E-state index contributed by atoms with van der Waals surface area (Å²) < 4.78 is 51.8. The fourth-order valence-electron chi connectivity index (χ4n) is 3.44. The summed E-state index contributed by atoms with van der Waals surface area (Å²) in [4.78, 5) is 25.9. The number of ether oxygens (including phenoxy) is 2. The Morgan fingerprint density at radius 2 is 1.85 bits per heavy atom. The second-order valence-corrected chi connectivity index (χ2v) is 9.64. The van der Waals surface area contributed by atoms with Gasteiger partial charge in [0.1, 0.15) is 23.8 Å². The molecule has 0 aromatic heterocycles. The number of carbonyl (C=O) groups excluding carboxylic acids is 2. The van der Waals surface area contributed by atoms with Gasteiger partial charge in [-0.15, -0.1) is 0 Å². The van der Waals surface area contributed by atoms with Crippen molar-refractivity contribution in [3.05, 3.63) is 59.9 Å². The number of benzene rings is 2. The van der Waals surface area contributed by atoms with E-state index in [4.69, 9.17) is 15.2 Å². The van der Waals surface area contributed by atoms with Crippen LogP contribution in [-0.2, 0) is 24.3 Å². The third kappa shape index (κ3) is 6.73. The number of nitrogens with two attached hydrogens (primary N) is 1. The first-order valence-corrected chi connectivity index (χ1v) is 11.7. The van der Waals surface area contributed by atoms with Crippen LogP contribution in [0.5, 0.6) is 5.75 Å². The number of aryl methyl sites for hydroxylation is 1. The van der Waals surface area contributed by atoms with E-state index in [1.54, 1.807) is 12.1 Å². The second-order valence-electron chi connectivity index (χ2n) is 7.87. The Labute approximate surface area is 191 Å². The maximum Gasteiger partial charge on any atom is 0.241 e. The highest BCUT2D eigenvalue weighted by Crippen LogP contribution is 2.24. The van der Waals surface area contributed by atoms with Crippen LogP contribution in [0.25, 0.3) is 0 Å². The summed E-state index contributed by atoms with van der Waals surface area (Å²) in [7, 11) is -3.87. The molecule has 0 bridgehead atoms. The van der Waals surface area contributed by atoms with Crippen LogP contribution >= 0.6 is 0 Å². The standard InChI is InChI=1S/C22H26FN3O6S/c1-16-2-8-19(9-3-16)33(29,30)25-13-21(28)26-10-11-32-22(14-26,12-20(24)27)15-31-18-6-4-17(23)5-7-18/h2-9,25H,10-15H2,1H3,(H2,24,27). The normalized spacial score (nSPS) is 18.7. The molecule has 1 atom stereocenters. The van der Waals surface area contributed by atoms with Gasteiger partial charge in [0.05, 0.1) is 31.0 Å². The molecule has 33 heavy (non-hydrogen) atoms. The number of amides is 2. The lowest BCUT2D eigenvalue weighted by Gasteiger charge is -2.42. The smallest absolute Gasteiger partial charge is 0.241 e. The summed E-state index contributed by atoms with van der Waals surface area (Å²) >= 11 is 0. The number of carbonyl (C=O) groups is 2. The fourth-order valence-corrected chi connectivity index (χ4v) is 4.41. The Morgan fingerprint density at radius 1 is 1.18 bits per heavy atom. The second kappa shape index (κ2) is 10.3. The molecule has 3 rings (SSSR count). The maximum absolute atomic E-state index is 13.1. The maximum atomic E-state index is 13.1. The van der Waals surface area contributed by atoms with E-state index in [0.717, 1.165) is 5.56 Å². The summed E-state index contributed by atoms with van der Waals surface area (Å²) in [5.74, 6) is -1.19. The molecule has 11 heteroatoms. The highest BCUT2D eigenvalue weighted by atomic mass is 32.2. The molecule has 3 N–H and O–H groups in total. The Balaban J connectivity index is 1.65. The van der Waals surface area contributed by atoms with E-state index >= 15 is 0 Å². The molecule has 0 aliphatic carbocycles. The van der Waals surface area contributed by atoms with Crippen molar-refractivity contribution >= 4 is 21.8 Å². The predicted molar refractivity (Wildman–Crippen MR) is 117 cm³/mol. The zero-order valence-corrected chi connectivity index (χ0v) is 18.9. The van der Waals surface area contributed by atoms with Gasteiger partial charge in [0.2, 0.25) is 21.8 Å². The number of hydrogen-bond acceptors (Lipinski definition) is 6. The van der Waals surface area contributed by atoms with Crippen molar-refractivity contribution in [3.63, 3.8) is 0 Å². The first kappa shape index (κ1) is 24.6. The van der Waals surface area contributed by atoms with Crippen LogP contribution < -0.4 is 15.2 Å². The number of rotatable bonds is 9. The largest absolute Gasteiger partial charge is 0.490 e. The Morgan fingerprint density at radius 3 is 2.48 bits per heavy atom. The summed E-state index contributed by atoms with van der Waals surface area (Å²) in [5.41, 5.74) is 5.08. The molecule has 1 saturated heterocycles. The van der Waals surface area contributed by atoms with Crippen LogP contribution in [0.3, 0.4) is 0 Å². The molecule has 1 fully saturated rings. The van der Waals surface area contributed by atoms with Gasteiger partial charge in [-0.2, -0.15) is 0 Å². The minimum Gasteiger partial charge on any atom is -0.490 e. The highest BCUT2D eigenvalue weighted by Gasteiger charge is 2.41. The van der Waals surface area contributed by atoms with E-state index in [2.05, 4.69) is 4.72 Å². The van der Waals surface area contributed by atoms with Gasteiger partial charge in [-0.3, -0.25) is 9.59 Å². The van der Waals surface area contributed by atoms with Gasteiger partial charge in [0.15, 0.2) is 0 Å². The number of nitrogens with zero attached hydrogens (tertiary/aromatic N) is 1. The molecule has 9 nitrogen and oxygen atoms in total. The van der Waals surface area contributed by atoms with E-state index < -0.39 is 39.8 Å². The summed E-state index contributed by atoms with van der Waals surface area (Å²) in [5, 5.41) is 0. The average molecular weight is 480 g/mol. The molecular formula is C22H26FN3O6S. The fraction of sp³-hybridized carbons (Fsp3) is 0.364. The first-order chi connectivity index (χ1) is 15.6. The quantitative estimate of drug-likeness (QED) is 0.552. The summed E-state index contributed by atoms with van der Waals surface area (Å²) in [6.07, 6.45) is -0.215. The molecule has 1 aliphatic heterocycles. The van der Waals surface area contributed by atoms with E-state index in [9.17, 15) is 22.4 Å². The molecule has 1 unspecified atom stereocenters. The van der Waals surface area contributed by atoms with E-state index in [1.807, 2.05) is 6.92 Å². The zero-order chi connectivity index (χ0) is 24.1. The SMILES string of the molecule is Cc1ccc(S(=O)(=O)NCC(=O)N2CCOC(COc3ccc(F)cc3)(CC(N)=O)C2)cc1. The van der Waals surface area contributed by atoms with E-state index in [0.29, 0.717) is 5.75 Å². The lowest BCUT2D eigenvalue weighted by molar-refractivity contribution is -0.161. The van der Waals surface area contributed by atoms with Gasteiger partial charge in [-0.05, 0) is 43.3 Å². The molecule has 0 spiro atoms. The van der Waals surface area contributed by atoms with Crippen molar-refractivity contribution in [1.82, 2.24) is 9.62 Å². The van der Waals surface area contributed by atoms with E-state index in [1.165, 1.54) is 41.3 Å². The van der Waals surface area contributed by atoms with Gasteiger partial charge < -0.3 is 20.1 Å². The first-order valence-electron chi connectivity index (χ1n) is 10.2. The zero-order valence-electron chi connectivity index (χ0n) is 18.1. The Hall–Kier alpha value is -3.02. The van der Waals surface area contributed by atoms with Crippen LogP contribution in [0.1, 0.15) is 12.0 Å². The minimum absolute atomic E-state index is 0.0256. The van der Waals surface area contributed by atoms with Gasteiger partial charge in [0, 0.05) is 6.54 Å². The van der Waals surface area contributed by atoms with Crippen molar-refractivity contribution in [2.45, 2.75) is 23.8 Å². The third-order valence-electron chi connectivity index (χ3n) is 5.16. The number of sulfonamides is 1. The lowest BCUT2D eigenvalue weighted by Crippen LogP contribution is -2.59. The monoisotopic (exact) mass is 479 g/mol. The Bertz CT molecular complexity index is 1090. The van der Waals surface area contributed by atoms with Crippen LogP contribution in [0.2, 0.25) is 0 Å². The third-order valence-corrected chi connectivity index (χ3v) is 6.57. The van der Waals surface area contributed by atoms with Crippen LogP contribution in [0.15, 0.2) is 53.4 Å². The molecular weight excluding hydrogens is 453 g/mol. The van der Waals surface area contributed by atoms with Crippen molar-refractivity contribution in [2.24, 2.45) is 5.73 Å². The number of halogens is 1. The van der Waals surface area contributed by atoms with Gasteiger partial charge in [-0.1, -0.05) is 17.7 Å². The molecule has 1 heterocycles. The minimum atomic E-state index is -3.87. The number of primary amides is 1. The van der Waals surface area contributed by atoms with Crippen molar-refractivity contribution in [3.8, 4) is 5.75 Å². The number of hydrogen-bond donors (Lipinski definition) is 2. The van der Waals surface area contributed by atoms with Gasteiger partial charge in [0.25, 0.3) is 0 Å². The van der Waals surface area contributed by atoms with Gasteiger partial charge >= 0.3 is 0 Å². The molecule has 0 radical (unpaired) electrons. The topological polar surface area (TPSA) is 128 Å². The molecule has 0 saturated carbocycles. The summed E-state index contributed by atoms with van der Waals surface area (Å²) in [6, 6.07) is 11.6. The Kier molecular flexibility index (Phi) is 7.67. The van der Waals surface area contributed by atoms with Crippen LogP contribution in [0, 0.1) is 12.7 Å². The highest BCUT2D eigenvalue weighted by molar-refractivity contribution is 7.89. The van der Waals surface area contributed by atoms with Crippen molar-refractivity contribution in [2.75, 3.05) is 32.8 Å². The molecule has 2 amide bonds. The van der Waals surface area contributed by atoms with Crippen molar-refractivity contribution < 1.29 is 31.9 Å². The lowest BCUT2D eigenvalue weighted by atomic mass is 9.97. The number of nitrogens with one attached hydrogen (secondary N) is 1. The predicted octanol–water partition coefficient (Wildman–Crippen LogP) is 0.964. The summed E-state index contributed by atoms with van der Waals surface area (Å²) in [6.45, 7) is 1.56. The van der Waals surface area contributed by atoms with Crippen molar-refractivity contribution in [1.29, 1.82) is 0 Å². The molecule has 2 aromatic rings. The number of morpholine rings is 1. The van der Waals surface area contributed by atoms with Gasteiger partial charge in [-0.25, -0.2) is 17.5 Å². The molecule has 2 aromatic carbocycles. The molecule has 178 valence electrons. The van der Waals surface area contributed by atoms with Crippen LogP contribution in [0.4, 0.5) is 4.39 Å². The molecule has 1 aliphatic rings.